The molecule has 0 spiro atoms. The molecule has 1 aromatic rings. The van der Waals surface area contributed by atoms with Gasteiger partial charge in [-0.05, 0) is 26.2 Å². The Labute approximate surface area is 105 Å². The fourth-order valence-corrected chi connectivity index (χ4v) is 2.72. The second-order valence-electron chi connectivity index (χ2n) is 4.29. The van der Waals surface area contributed by atoms with Gasteiger partial charge in [0.1, 0.15) is 0 Å². The summed E-state index contributed by atoms with van der Waals surface area (Å²) in [6.07, 6.45) is -1.01. The first-order chi connectivity index (χ1) is 8.08. The van der Waals surface area contributed by atoms with E-state index in [1.807, 2.05) is 32.3 Å². The molecule has 0 saturated carbocycles. The van der Waals surface area contributed by atoms with E-state index in [0.29, 0.717) is 5.56 Å². The van der Waals surface area contributed by atoms with E-state index >= 15 is 0 Å². The van der Waals surface area contributed by atoms with Crippen molar-refractivity contribution >= 4 is 23.4 Å². The Bertz CT molecular complexity index is 435. The molecule has 1 unspecified atom stereocenters. The number of carbonyl (C=O) groups excluding carboxylic acids is 1. The Morgan fingerprint density at radius 2 is 2.24 bits per heavy atom. The van der Waals surface area contributed by atoms with Crippen LogP contribution in [0.5, 0.6) is 0 Å². The summed E-state index contributed by atoms with van der Waals surface area (Å²) >= 11 is 1.74. The summed E-state index contributed by atoms with van der Waals surface area (Å²) in [5.74, 6) is 0.665. The van der Waals surface area contributed by atoms with Crippen LogP contribution in [0.1, 0.15) is 11.7 Å². The fourth-order valence-electron chi connectivity index (χ4n) is 1.66. The van der Waals surface area contributed by atoms with Gasteiger partial charge in [0.15, 0.2) is 6.10 Å². The SMILES string of the molecule is CN(C)CCSc1ccc2c(c1)NC(=O)C2O. The highest BCUT2D eigenvalue weighted by atomic mass is 32.2. The molecule has 0 aliphatic carbocycles. The van der Waals surface area contributed by atoms with E-state index < -0.39 is 6.10 Å². The van der Waals surface area contributed by atoms with Crippen molar-refractivity contribution in [3.8, 4) is 0 Å². The van der Waals surface area contributed by atoms with Gasteiger partial charge < -0.3 is 15.3 Å². The number of thioether (sulfide) groups is 1. The number of aliphatic hydroxyl groups excluding tert-OH is 1. The summed E-state index contributed by atoms with van der Waals surface area (Å²) in [6, 6.07) is 5.68. The maximum Gasteiger partial charge on any atom is 0.257 e. The standard InChI is InChI=1S/C12H16N2O2S/c1-14(2)5-6-17-8-3-4-9-10(7-8)13-12(16)11(9)15/h3-4,7,11,15H,5-6H2,1-2H3,(H,13,16). The van der Waals surface area contributed by atoms with Crippen LogP contribution in [0.4, 0.5) is 5.69 Å². The summed E-state index contributed by atoms with van der Waals surface area (Å²) in [5, 5.41) is 12.2. The molecule has 1 aliphatic rings. The largest absolute Gasteiger partial charge is 0.378 e. The molecule has 4 nitrogen and oxygen atoms in total. The lowest BCUT2D eigenvalue weighted by Gasteiger charge is -2.09. The average molecular weight is 252 g/mol. The van der Waals surface area contributed by atoms with Crippen molar-refractivity contribution in [3.05, 3.63) is 23.8 Å². The van der Waals surface area contributed by atoms with Crippen molar-refractivity contribution in [3.63, 3.8) is 0 Å². The van der Waals surface area contributed by atoms with Gasteiger partial charge in [-0.15, -0.1) is 11.8 Å². The number of aliphatic hydroxyl groups is 1. The molecule has 5 heteroatoms. The smallest absolute Gasteiger partial charge is 0.257 e. The van der Waals surface area contributed by atoms with E-state index in [2.05, 4.69) is 10.2 Å². The average Bonchev–Trinajstić information content (AvgIpc) is 2.54. The van der Waals surface area contributed by atoms with Crippen LogP contribution in [0, 0.1) is 0 Å². The van der Waals surface area contributed by atoms with Gasteiger partial charge in [0.2, 0.25) is 0 Å². The van der Waals surface area contributed by atoms with Crippen LogP contribution in [0.25, 0.3) is 0 Å². The minimum absolute atomic E-state index is 0.338. The highest BCUT2D eigenvalue weighted by Gasteiger charge is 2.28. The maximum atomic E-state index is 11.3. The number of rotatable bonds is 4. The van der Waals surface area contributed by atoms with Gasteiger partial charge in [0, 0.05) is 28.4 Å². The van der Waals surface area contributed by atoms with Crippen LogP contribution in [0.15, 0.2) is 23.1 Å². The summed E-state index contributed by atoms with van der Waals surface area (Å²) < 4.78 is 0. The summed E-state index contributed by atoms with van der Waals surface area (Å²) in [7, 11) is 4.08. The zero-order chi connectivity index (χ0) is 12.4. The zero-order valence-corrected chi connectivity index (χ0v) is 10.8. The fraction of sp³-hybridized carbons (Fsp3) is 0.417. The molecule has 0 aromatic heterocycles. The third-order valence-corrected chi connectivity index (χ3v) is 3.61. The molecule has 1 amide bonds. The number of fused-ring (bicyclic) bond motifs is 1. The summed E-state index contributed by atoms with van der Waals surface area (Å²) in [5.41, 5.74) is 1.41. The number of hydrogen-bond acceptors (Lipinski definition) is 4. The predicted molar refractivity (Wildman–Crippen MR) is 69.3 cm³/mol. The Morgan fingerprint density at radius 3 is 2.94 bits per heavy atom. The molecule has 0 bridgehead atoms. The Morgan fingerprint density at radius 1 is 1.47 bits per heavy atom. The third-order valence-electron chi connectivity index (χ3n) is 2.63. The van der Waals surface area contributed by atoms with Crippen LogP contribution in [-0.2, 0) is 4.79 Å². The molecule has 92 valence electrons. The van der Waals surface area contributed by atoms with E-state index in [-0.39, 0.29) is 5.91 Å². The van der Waals surface area contributed by atoms with Gasteiger partial charge in [-0.2, -0.15) is 0 Å². The first kappa shape index (κ1) is 12.4. The maximum absolute atomic E-state index is 11.3. The molecular weight excluding hydrogens is 236 g/mol. The number of anilines is 1. The topological polar surface area (TPSA) is 52.6 Å². The normalized spacial score (nSPS) is 18.4. The van der Waals surface area contributed by atoms with Gasteiger partial charge in [0.05, 0.1) is 0 Å². The van der Waals surface area contributed by atoms with Gasteiger partial charge in [-0.1, -0.05) is 6.07 Å². The monoisotopic (exact) mass is 252 g/mol. The molecule has 2 N–H and O–H groups in total. The van der Waals surface area contributed by atoms with E-state index in [1.165, 1.54) is 0 Å². The van der Waals surface area contributed by atoms with E-state index in [9.17, 15) is 9.90 Å². The van der Waals surface area contributed by atoms with Crippen molar-refractivity contribution in [2.24, 2.45) is 0 Å². The van der Waals surface area contributed by atoms with Crippen molar-refractivity contribution in [2.45, 2.75) is 11.0 Å². The van der Waals surface area contributed by atoms with Crippen LogP contribution >= 0.6 is 11.8 Å². The van der Waals surface area contributed by atoms with Crippen LogP contribution < -0.4 is 5.32 Å². The molecular formula is C12H16N2O2S. The molecule has 1 atom stereocenters. The van der Waals surface area contributed by atoms with E-state index in [4.69, 9.17) is 0 Å². The van der Waals surface area contributed by atoms with E-state index in [1.54, 1.807) is 11.8 Å². The van der Waals surface area contributed by atoms with Crippen LogP contribution in [0.2, 0.25) is 0 Å². The molecule has 1 aliphatic heterocycles. The first-order valence-electron chi connectivity index (χ1n) is 5.48. The van der Waals surface area contributed by atoms with Crippen molar-refractivity contribution < 1.29 is 9.90 Å². The minimum atomic E-state index is -1.01. The molecule has 1 aromatic carbocycles. The Kier molecular flexibility index (Phi) is 3.71. The number of nitrogens with zero attached hydrogens (tertiary/aromatic N) is 1. The summed E-state index contributed by atoms with van der Waals surface area (Å²) in [6.45, 7) is 1.01. The second-order valence-corrected chi connectivity index (χ2v) is 5.46. The quantitative estimate of drug-likeness (QED) is 0.794. The number of carbonyl (C=O) groups is 1. The molecule has 0 fully saturated rings. The lowest BCUT2D eigenvalue weighted by Crippen LogP contribution is -2.14. The Hall–Kier alpha value is -1.04. The molecule has 2 rings (SSSR count). The highest BCUT2D eigenvalue weighted by molar-refractivity contribution is 7.99. The highest BCUT2D eigenvalue weighted by Crippen LogP contribution is 2.33. The number of benzene rings is 1. The number of hydrogen-bond donors (Lipinski definition) is 2. The summed E-state index contributed by atoms with van der Waals surface area (Å²) in [4.78, 5) is 14.5. The van der Waals surface area contributed by atoms with Gasteiger partial charge >= 0.3 is 0 Å². The van der Waals surface area contributed by atoms with Gasteiger partial charge in [0.25, 0.3) is 5.91 Å². The molecule has 0 radical (unpaired) electrons. The van der Waals surface area contributed by atoms with E-state index in [0.717, 1.165) is 22.9 Å². The lowest BCUT2D eigenvalue weighted by molar-refractivity contribution is -0.123. The third kappa shape index (κ3) is 2.80. The number of amides is 1. The van der Waals surface area contributed by atoms with Crippen LogP contribution in [-0.4, -0.2) is 42.3 Å². The Balaban J connectivity index is 2.03. The van der Waals surface area contributed by atoms with Gasteiger partial charge in [-0.25, -0.2) is 0 Å². The second kappa shape index (κ2) is 5.08. The molecule has 1 heterocycles. The van der Waals surface area contributed by atoms with Crippen molar-refractivity contribution in [1.82, 2.24) is 4.90 Å². The van der Waals surface area contributed by atoms with Crippen molar-refractivity contribution in [1.29, 1.82) is 0 Å². The molecule has 0 saturated heterocycles. The van der Waals surface area contributed by atoms with Gasteiger partial charge in [-0.3, -0.25) is 4.79 Å². The zero-order valence-electron chi connectivity index (χ0n) is 9.93. The number of nitrogens with one attached hydrogen (secondary N) is 1. The molecule has 17 heavy (non-hydrogen) atoms. The first-order valence-corrected chi connectivity index (χ1v) is 6.47. The predicted octanol–water partition coefficient (Wildman–Crippen LogP) is 1.33. The van der Waals surface area contributed by atoms with Crippen LogP contribution in [0.3, 0.4) is 0 Å². The lowest BCUT2D eigenvalue weighted by atomic mass is 10.1. The minimum Gasteiger partial charge on any atom is -0.378 e. The van der Waals surface area contributed by atoms with Crippen molar-refractivity contribution in [2.75, 3.05) is 31.7 Å².